The van der Waals surface area contributed by atoms with E-state index in [4.69, 9.17) is 4.52 Å². The van der Waals surface area contributed by atoms with Gasteiger partial charge in [-0.3, -0.25) is 4.79 Å². The molecular weight excluding hydrogens is 330 g/mol. The average Bonchev–Trinajstić information content (AvgIpc) is 3.05. The molecule has 1 saturated heterocycles. The van der Waals surface area contributed by atoms with E-state index in [1.165, 1.54) is 6.33 Å². The summed E-state index contributed by atoms with van der Waals surface area (Å²) >= 11 is 0. The van der Waals surface area contributed by atoms with Crippen molar-refractivity contribution in [1.29, 1.82) is 0 Å². The molecule has 0 radical (unpaired) electrons. The van der Waals surface area contributed by atoms with Gasteiger partial charge in [0.05, 0.1) is 6.42 Å². The number of amides is 1. The molecule has 1 N–H and O–H groups in total. The lowest BCUT2D eigenvalue weighted by Gasteiger charge is -2.31. The number of carbonyl (C=O) groups is 1. The SMILES string of the molecule is CC1CCN(c2cc(NC(=O)Cc3noc4ccccc34)ncn2)CC1. The Morgan fingerprint density at radius 1 is 1.27 bits per heavy atom. The van der Waals surface area contributed by atoms with Crippen LogP contribution in [-0.2, 0) is 11.2 Å². The molecule has 1 amide bonds. The first kappa shape index (κ1) is 16.5. The number of nitrogens with zero attached hydrogens (tertiary/aromatic N) is 4. The van der Waals surface area contributed by atoms with Gasteiger partial charge in [0.15, 0.2) is 5.58 Å². The van der Waals surface area contributed by atoms with Crippen LogP contribution in [0.25, 0.3) is 11.0 Å². The fourth-order valence-electron chi connectivity index (χ4n) is 3.23. The van der Waals surface area contributed by atoms with Crippen LogP contribution in [0, 0.1) is 5.92 Å². The summed E-state index contributed by atoms with van der Waals surface area (Å²) in [6, 6.07) is 9.33. The molecule has 4 rings (SSSR count). The lowest BCUT2D eigenvalue weighted by Crippen LogP contribution is -2.33. The molecule has 1 aliphatic rings. The summed E-state index contributed by atoms with van der Waals surface area (Å²) in [5.74, 6) is 1.94. The summed E-state index contributed by atoms with van der Waals surface area (Å²) in [4.78, 5) is 23.1. The number of hydrogen-bond donors (Lipinski definition) is 1. The van der Waals surface area contributed by atoms with E-state index < -0.39 is 0 Å². The van der Waals surface area contributed by atoms with Crippen molar-refractivity contribution >= 4 is 28.5 Å². The van der Waals surface area contributed by atoms with Crippen LogP contribution in [0.15, 0.2) is 41.2 Å². The normalized spacial score (nSPS) is 15.3. The lowest BCUT2D eigenvalue weighted by molar-refractivity contribution is -0.115. The highest BCUT2D eigenvalue weighted by atomic mass is 16.5. The Morgan fingerprint density at radius 3 is 2.92 bits per heavy atom. The van der Waals surface area contributed by atoms with Gasteiger partial charge in [-0.05, 0) is 30.9 Å². The monoisotopic (exact) mass is 351 g/mol. The third-order valence-corrected chi connectivity index (χ3v) is 4.81. The van der Waals surface area contributed by atoms with Gasteiger partial charge in [-0.15, -0.1) is 0 Å². The molecule has 0 bridgehead atoms. The summed E-state index contributed by atoms with van der Waals surface area (Å²) < 4.78 is 5.24. The standard InChI is InChI=1S/C19H21N5O2/c1-13-6-8-24(9-7-13)18-11-17(20-12-21-18)22-19(25)10-15-14-4-2-3-5-16(14)26-23-15/h2-5,11-13H,6-10H2,1H3,(H,20,21,22,25). The summed E-state index contributed by atoms with van der Waals surface area (Å²) in [6.45, 7) is 4.24. The molecule has 26 heavy (non-hydrogen) atoms. The number of carbonyl (C=O) groups excluding carboxylic acids is 1. The molecule has 0 atom stereocenters. The second kappa shape index (κ2) is 7.11. The average molecular weight is 351 g/mol. The summed E-state index contributed by atoms with van der Waals surface area (Å²) in [5, 5.41) is 7.69. The van der Waals surface area contributed by atoms with Gasteiger partial charge >= 0.3 is 0 Å². The molecule has 1 aromatic carbocycles. The van der Waals surface area contributed by atoms with E-state index in [1.807, 2.05) is 30.3 Å². The predicted molar refractivity (Wildman–Crippen MR) is 99.0 cm³/mol. The number of anilines is 2. The minimum absolute atomic E-state index is 0.136. The zero-order valence-electron chi connectivity index (χ0n) is 14.7. The Morgan fingerprint density at radius 2 is 2.08 bits per heavy atom. The second-order valence-electron chi connectivity index (χ2n) is 6.78. The summed E-state index contributed by atoms with van der Waals surface area (Å²) in [7, 11) is 0. The first-order valence-electron chi connectivity index (χ1n) is 8.89. The molecule has 0 spiro atoms. The fourth-order valence-corrected chi connectivity index (χ4v) is 3.23. The third-order valence-electron chi connectivity index (χ3n) is 4.81. The van der Waals surface area contributed by atoms with E-state index in [0.717, 1.165) is 43.1 Å². The minimum atomic E-state index is -0.180. The Hall–Kier alpha value is -2.96. The lowest BCUT2D eigenvalue weighted by atomic mass is 9.99. The van der Waals surface area contributed by atoms with Crippen LogP contribution >= 0.6 is 0 Å². The maximum Gasteiger partial charge on any atom is 0.231 e. The molecule has 3 aromatic rings. The second-order valence-corrected chi connectivity index (χ2v) is 6.78. The van der Waals surface area contributed by atoms with Crippen molar-refractivity contribution < 1.29 is 9.32 Å². The van der Waals surface area contributed by atoms with E-state index in [2.05, 4.69) is 32.3 Å². The molecular formula is C19H21N5O2. The Bertz CT molecular complexity index is 915. The smallest absolute Gasteiger partial charge is 0.231 e. The Balaban J connectivity index is 1.43. The molecule has 134 valence electrons. The summed E-state index contributed by atoms with van der Waals surface area (Å²) in [6.07, 6.45) is 3.95. The van der Waals surface area contributed by atoms with Crippen molar-refractivity contribution in [2.45, 2.75) is 26.2 Å². The Labute approximate surface area is 151 Å². The first-order valence-corrected chi connectivity index (χ1v) is 8.89. The van der Waals surface area contributed by atoms with Crippen LogP contribution in [0.5, 0.6) is 0 Å². The van der Waals surface area contributed by atoms with Crippen LogP contribution in [0.3, 0.4) is 0 Å². The zero-order valence-corrected chi connectivity index (χ0v) is 14.7. The van der Waals surface area contributed by atoms with Crippen molar-refractivity contribution in [2.24, 2.45) is 5.92 Å². The number of fused-ring (bicyclic) bond motifs is 1. The summed E-state index contributed by atoms with van der Waals surface area (Å²) in [5.41, 5.74) is 1.30. The highest BCUT2D eigenvalue weighted by Crippen LogP contribution is 2.23. The van der Waals surface area contributed by atoms with Gasteiger partial charge in [-0.25, -0.2) is 9.97 Å². The highest BCUT2D eigenvalue weighted by Gasteiger charge is 2.18. The van der Waals surface area contributed by atoms with Gasteiger partial charge in [0, 0.05) is 24.5 Å². The van der Waals surface area contributed by atoms with Crippen LogP contribution in [0.1, 0.15) is 25.5 Å². The quantitative estimate of drug-likeness (QED) is 0.778. The predicted octanol–water partition coefficient (Wildman–Crippen LogP) is 3.04. The number of benzene rings is 1. The van der Waals surface area contributed by atoms with E-state index in [9.17, 15) is 4.79 Å². The van der Waals surface area contributed by atoms with Gasteiger partial charge in [0.1, 0.15) is 23.7 Å². The van der Waals surface area contributed by atoms with Crippen LogP contribution in [-0.4, -0.2) is 34.1 Å². The molecule has 0 saturated carbocycles. The van der Waals surface area contributed by atoms with Crippen molar-refractivity contribution in [1.82, 2.24) is 15.1 Å². The van der Waals surface area contributed by atoms with Gasteiger partial charge < -0.3 is 14.7 Å². The number of piperidine rings is 1. The molecule has 0 unspecified atom stereocenters. The number of hydrogen-bond acceptors (Lipinski definition) is 6. The van der Waals surface area contributed by atoms with Gasteiger partial charge in [0.25, 0.3) is 0 Å². The van der Waals surface area contributed by atoms with Crippen LogP contribution in [0.2, 0.25) is 0 Å². The number of rotatable bonds is 4. The number of para-hydroxylation sites is 1. The van der Waals surface area contributed by atoms with E-state index in [0.29, 0.717) is 17.1 Å². The third kappa shape index (κ3) is 3.51. The molecule has 1 fully saturated rings. The zero-order chi connectivity index (χ0) is 17.9. The molecule has 1 aliphatic heterocycles. The molecule has 2 aromatic heterocycles. The van der Waals surface area contributed by atoms with E-state index in [1.54, 1.807) is 0 Å². The Kier molecular flexibility index (Phi) is 4.51. The van der Waals surface area contributed by atoms with Crippen LogP contribution in [0.4, 0.5) is 11.6 Å². The minimum Gasteiger partial charge on any atom is -0.356 e. The highest BCUT2D eigenvalue weighted by molar-refractivity contribution is 5.94. The molecule has 7 heteroatoms. The molecule has 3 heterocycles. The van der Waals surface area contributed by atoms with Crippen molar-refractivity contribution in [2.75, 3.05) is 23.3 Å². The van der Waals surface area contributed by atoms with Crippen LogP contribution < -0.4 is 10.2 Å². The van der Waals surface area contributed by atoms with Crippen molar-refractivity contribution in [3.8, 4) is 0 Å². The van der Waals surface area contributed by atoms with Gasteiger partial charge in [0.2, 0.25) is 5.91 Å². The molecule has 0 aliphatic carbocycles. The number of aromatic nitrogens is 3. The maximum absolute atomic E-state index is 12.4. The maximum atomic E-state index is 12.4. The largest absolute Gasteiger partial charge is 0.356 e. The van der Waals surface area contributed by atoms with Crippen molar-refractivity contribution in [3.05, 3.63) is 42.4 Å². The fraction of sp³-hybridized carbons (Fsp3) is 0.368. The first-order chi connectivity index (χ1) is 12.7. The van der Waals surface area contributed by atoms with Gasteiger partial charge in [-0.2, -0.15) is 0 Å². The molecule has 7 nitrogen and oxygen atoms in total. The van der Waals surface area contributed by atoms with E-state index >= 15 is 0 Å². The topological polar surface area (TPSA) is 84.2 Å². The van der Waals surface area contributed by atoms with Crippen molar-refractivity contribution in [3.63, 3.8) is 0 Å². The van der Waals surface area contributed by atoms with Gasteiger partial charge in [-0.1, -0.05) is 24.2 Å². The van der Waals surface area contributed by atoms with E-state index in [-0.39, 0.29) is 12.3 Å². The number of nitrogens with one attached hydrogen (secondary N) is 1.